The maximum Gasteiger partial charge on any atom is 0.240 e. The number of sulfonamides is 1. The third kappa shape index (κ3) is 5.39. The van der Waals surface area contributed by atoms with E-state index in [1.165, 1.54) is 23.5 Å². The summed E-state index contributed by atoms with van der Waals surface area (Å²) >= 11 is 4.42. The normalized spacial score (nSPS) is 11.3. The summed E-state index contributed by atoms with van der Waals surface area (Å²) in [6.07, 6.45) is 1.61. The van der Waals surface area contributed by atoms with E-state index in [9.17, 15) is 13.2 Å². The van der Waals surface area contributed by atoms with E-state index in [-0.39, 0.29) is 23.8 Å². The van der Waals surface area contributed by atoms with Crippen LogP contribution < -0.4 is 10.0 Å². The molecule has 1 amide bonds. The molecule has 0 unspecified atom stereocenters. The molecule has 2 N–H and O–H groups in total. The van der Waals surface area contributed by atoms with E-state index < -0.39 is 10.0 Å². The number of anilines is 1. The number of benzene rings is 1. The Bertz CT molecular complexity index is 1040. The van der Waals surface area contributed by atoms with Gasteiger partial charge in [0.05, 0.1) is 4.90 Å². The van der Waals surface area contributed by atoms with Gasteiger partial charge in [0.2, 0.25) is 21.1 Å². The number of hydrogen-bond donors (Lipinski definition) is 2. The summed E-state index contributed by atoms with van der Waals surface area (Å²) in [5.41, 5.74) is 0.664. The Kier molecular flexibility index (Phi) is 6.26. The third-order valence-electron chi connectivity index (χ3n) is 3.31. The van der Waals surface area contributed by atoms with Gasteiger partial charge in [-0.3, -0.25) is 9.78 Å². The number of aromatic nitrogens is 3. The number of nitrogens with zero attached hydrogens (tertiary/aromatic N) is 3. The fourth-order valence-electron chi connectivity index (χ4n) is 2.06. The molecule has 0 saturated carbocycles. The Morgan fingerprint density at radius 3 is 2.74 bits per heavy atom. The molecule has 0 bridgehead atoms. The zero-order valence-electron chi connectivity index (χ0n) is 13.8. The van der Waals surface area contributed by atoms with Gasteiger partial charge in [-0.15, -0.1) is 10.2 Å². The third-order valence-corrected chi connectivity index (χ3v) is 6.12. The summed E-state index contributed by atoms with van der Waals surface area (Å²) in [5.74, 6) is -0.365. The first-order valence-electron chi connectivity index (χ1n) is 7.74. The van der Waals surface area contributed by atoms with Crippen LogP contribution in [-0.2, 0) is 14.8 Å². The zero-order chi connectivity index (χ0) is 19.3. The molecule has 1 aromatic carbocycles. The van der Waals surface area contributed by atoms with E-state index in [0.717, 1.165) is 0 Å². The van der Waals surface area contributed by atoms with Crippen molar-refractivity contribution in [2.24, 2.45) is 0 Å². The van der Waals surface area contributed by atoms with Gasteiger partial charge in [-0.2, -0.15) is 0 Å². The van der Waals surface area contributed by atoms with Crippen LogP contribution in [0.1, 0.15) is 6.42 Å². The highest BCUT2D eigenvalue weighted by molar-refractivity contribution is 9.10. The molecule has 0 saturated heterocycles. The lowest BCUT2D eigenvalue weighted by atomic mass is 10.4. The smallest absolute Gasteiger partial charge is 0.240 e. The van der Waals surface area contributed by atoms with Crippen molar-refractivity contribution in [3.8, 4) is 10.7 Å². The van der Waals surface area contributed by atoms with Crippen LogP contribution in [0, 0.1) is 0 Å². The molecule has 3 rings (SSSR count). The molecule has 2 heterocycles. The van der Waals surface area contributed by atoms with Crippen molar-refractivity contribution in [3.63, 3.8) is 0 Å². The van der Waals surface area contributed by atoms with Gasteiger partial charge in [-0.1, -0.05) is 39.4 Å². The standard InChI is InChI=1S/C16H14BrN5O3S2/c17-11-4-3-5-12(10-11)27(24,25)19-9-7-14(23)20-16-22-21-15(26-16)13-6-1-2-8-18-13/h1-6,8,10,19H,7,9H2,(H,20,22,23). The van der Waals surface area contributed by atoms with Gasteiger partial charge in [-0.05, 0) is 30.3 Å². The molecule has 0 spiro atoms. The van der Waals surface area contributed by atoms with Gasteiger partial charge in [0.1, 0.15) is 5.69 Å². The van der Waals surface area contributed by atoms with Crippen molar-refractivity contribution < 1.29 is 13.2 Å². The van der Waals surface area contributed by atoms with Crippen LogP contribution >= 0.6 is 27.3 Å². The lowest BCUT2D eigenvalue weighted by Crippen LogP contribution is -2.27. The van der Waals surface area contributed by atoms with Gasteiger partial charge in [-0.25, -0.2) is 13.1 Å². The largest absolute Gasteiger partial charge is 0.300 e. The number of amides is 1. The van der Waals surface area contributed by atoms with Crippen LogP contribution in [0.25, 0.3) is 10.7 Å². The van der Waals surface area contributed by atoms with Crippen LogP contribution in [0.5, 0.6) is 0 Å². The summed E-state index contributed by atoms with van der Waals surface area (Å²) in [4.78, 5) is 16.3. The average Bonchev–Trinajstić information content (AvgIpc) is 3.11. The van der Waals surface area contributed by atoms with Crippen LogP contribution in [0.4, 0.5) is 5.13 Å². The van der Waals surface area contributed by atoms with Gasteiger partial charge >= 0.3 is 0 Å². The first kappa shape index (κ1) is 19.5. The molecule has 27 heavy (non-hydrogen) atoms. The Morgan fingerprint density at radius 1 is 1.15 bits per heavy atom. The number of nitrogens with one attached hydrogen (secondary N) is 2. The molecule has 0 radical (unpaired) electrons. The van der Waals surface area contributed by atoms with Crippen LogP contribution in [-0.4, -0.2) is 36.1 Å². The van der Waals surface area contributed by atoms with Crippen LogP contribution in [0.2, 0.25) is 0 Å². The zero-order valence-corrected chi connectivity index (χ0v) is 17.0. The van der Waals surface area contributed by atoms with Crippen molar-refractivity contribution >= 4 is 48.3 Å². The van der Waals surface area contributed by atoms with Crippen molar-refractivity contribution in [3.05, 3.63) is 53.1 Å². The molecular weight excluding hydrogens is 454 g/mol. The summed E-state index contributed by atoms with van der Waals surface area (Å²) in [6, 6.07) is 11.7. The SMILES string of the molecule is O=C(CCNS(=O)(=O)c1cccc(Br)c1)Nc1nnc(-c2ccccn2)s1. The summed E-state index contributed by atoms with van der Waals surface area (Å²) in [6.45, 7) is -0.0351. The Labute approximate surface area is 168 Å². The molecule has 2 aromatic heterocycles. The van der Waals surface area contributed by atoms with E-state index in [1.54, 1.807) is 30.5 Å². The molecule has 0 aliphatic heterocycles. The van der Waals surface area contributed by atoms with E-state index in [0.29, 0.717) is 20.3 Å². The molecular formula is C16H14BrN5O3S2. The second-order valence-corrected chi connectivity index (χ2v) is 8.94. The quantitative estimate of drug-likeness (QED) is 0.551. The molecule has 0 aliphatic rings. The molecule has 11 heteroatoms. The number of rotatable bonds is 7. The second kappa shape index (κ2) is 8.65. The minimum absolute atomic E-state index is 0.0351. The van der Waals surface area contributed by atoms with E-state index in [2.05, 4.69) is 41.2 Å². The van der Waals surface area contributed by atoms with E-state index >= 15 is 0 Å². The molecule has 0 atom stereocenters. The van der Waals surface area contributed by atoms with Crippen molar-refractivity contribution in [2.45, 2.75) is 11.3 Å². The van der Waals surface area contributed by atoms with Crippen molar-refractivity contribution in [2.75, 3.05) is 11.9 Å². The highest BCUT2D eigenvalue weighted by Crippen LogP contribution is 2.24. The van der Waals surface area contributed by atoms with E-state index in [4.69, 9.17) is 0 Å². The summed E-state index contributed by atoms with van der Waals surface area (Å²) < 4.78 is 27.4. The van der Waals surface area contributed by atoms with Crippen molar-refractivity contribution in [1.29, 1.82) is 0 Å². The first-order valence-corrected chi connectivity index (χ1v) is 10.8. The van der Waals surface area contributed by atoms with Gasteiger partial charge in [0, 0.05) is 23.6 Å². The minimum Gasteiger partial charge on any atom is -0.300 e. The highest BCUT2D eigenvalue weighted by Gasteiger charge is 2.15. The summed E-state index contributed by atoms with van der Waals surface area (Å²) in [5, 5.41) is 11.4. The van der Waals surface area contributed by atoms with Gasteiger partial charge in [0.25, 0.3) is 0 Å². The highest BCUT2D eigenvalue weighted by atomic mass is 79.9. The van der Waals surface area contributed by atoms with Crippen LogP contribution in [0.3, 0.4) is 0 Å². The number of pyridine rings is 1. The summed E-state index contributed by atoms with van der Waals surface area (Å²) in [7, 11) is -3.68. The Hall–Kier alpha value is -2.21. The molecule has 0 aliphatic carbocycles. The average molecular weight is 468 g/mol. The predicted molar refractivity (Wildman–Crippen MR) is 106 cm³/mol. The van der Waals surface area contributed by atoms with Gasteiger partial charge < -0.3 is 5.32 Å². The minimum atomic E-state index is -3.68. The molecule has 3 aromatic rings. The number of hydrogen-bond acceptors (Lipinski definition) is 7. The lowest BCUT2D eigenvalue weighted by Gasteiger charge is -2.06. The van der Waals surface area contributed by atoms with Gasteiger partial charge in [0.15, 0.2) is 5.01 Å². The Balaban J connectivity index is 1.52. The fraction of sp³-hybridized carbons (Fsp3) is 0.125. The molecule has 140 valence electrons. The first-order chi connectivity index (χ1) is 12.9. The van der Waals surface area contributed by atoms with Crippen molar-refractivity contribution in [1.82, 2.24) is 19.9 Å². The van der Waals surface area contributed by atoms with E-state index in [1.807, 2.05) is 6.07 Å². The number of halogens is 1. The van der Waals surface area contributed by atoms with Crippen LogP contribution in [0.15, 0.2) is 58.0 Å². The second-order valence-electron chi connectivity index (χ2n) is 5.28. The maximum absolute atomic E-state index is 12.2. The fourth-order valence-corrected chi connectivity index (χ4v) is 4.43. The molecule has 8 nitrogen and oxygen atoms in total. The Morgan fingerprint density at radius 2 is 2.00 bits per heavy atom. The lowest BCUT2D eigenvalue weighted by molar-refractivity contribution is -0.116. The topological polar surface area (TPSA) is 114 Å². The molecule has 0 fully saturated rings. The number of carbonyl (C=O) groups is 1. The maximum atomic E-state index is 12.2. The monoisotopic (exact) mass is 467 g/mol. The predicted octanol–water partition coefficient (Wildman–Crippen LogP) is 2.67. The number of carbonyl (C=O) groups excluding carboxylic acids is 1.